The average molecular weight is 365 g/mol. The van der Waals surface area contributed by atoms with E-state index in [1.54, 1.807) is 18.7 Å². The molecule has 0 radical (unpaired) electrons. The minimum atomic E-state index is -0.952. The van der Waals surface area contributed by atoms with Crippen molar-refractivity contribution in [2.24, 2.45) is 11.8 Å². The van der Waals surface area contributed by atoms with Gasteiger partial charge < -0.3 is 14.7 Å². The molecule has 0 spiro atoms. The second-order valence-electron chi connectivity index (χ2n) is 8.37. The fourth-order valence-corrected chi connectivity index (χ4v) is 4.92. The van der Waals surface area contributed by atoms with Gasteiger partial charge in [0.05, 0.1) is 11.6 Å². The van der Waals surface area contributed by atoms with Crippen molar-refractivity contribution in [3.8, 4) is 0 Å². The Balaban J connectivity index is 1.48. The first-order valence-corrected chi connectivity index (χ1v) is 9.70. The Bertz CT molecular complexity index is 784. The highest BCUT2D eigenvalue weighted by Crippen LogP contribution is 2.56. The Morgan fingerprint density at radius 3 is 2.33 bits per heavy atom. The van der Waals surface area contributed by atoms with E-state index in [1.807, 2.05) is 36.4 Å². The summed E-state index contributed by atoms with van der Waals surface area (Å²) in [6, 6.07) is 20.0. The lowest BCUT2D eigenvalue weighted by molar-refractivity contribution is -0.0320. The molecule has 4 rings (SSSR count). The van der Waals surface area contributed by atoms with Crippen LogP contribution in [0.15, 0.2) is 60.7 Å². The third kappa shape index (κ3) is 3.46. The number of carbonyl (C=O) groups is 1. The maximum atomic E-state index is 12.8. The van der Waals surface area contributed by atoms with Gasteiger partial charge in [-0.05, 0) is 49.1 Å². The molecule has 1 aliphatic heterocycles. The van der Waals surface area contributed by atoms with Crippen molar-refractivity contribution in [1.29, 1.82) is 0 Å². The second kappa shape index (κ2) is 7.01. The van der Waals surface area contributed by atoms with Gasteiger partial charge in [0.15, 0.2) is 0 Å². The van der Waals surface area contributed by atoms with E-state index < -0.39 is 5.60 Å². The van der Waals surface area contributed by atoms with E-state index in [-0.39, 0.29) is 18.7 Å². The number of likely N-dealkylation sites (tertiary alicyclic amines) is 1. The number of hydrogen-bond donors (Lipinski definition) is 1. The van der Waals surface area contributed by atoms with Crippen LogP contribution in [0.25, 0.3) is 0 Å². The number of aliphatic hydroxyl groups is 1. The largest absolute Gasteiger partial charge is 0.445 e. The van der Waals surface area contributed by atoms with Crippen LogP contribution in [0, 0.1) is 11.8 Å². The zero-order chi connectivity index (χ0) is 19.0. The molecule has 0 aromatic heterocycles. The number of nitrogens with zero attached hydrogens (tertiary/aromatic N) is 1. The van der Waals surface area contributed by atoms with E-state index in [1.165, 1.54) is 5.56 Å². The molecule has 1 N–H and O–H groups in total. The first kappa shape index (κ1) is 18.1. The average Bonchev–Trinajstić information content (AvgIpc) is 2.95. The van der Waals surface area contributed by atoms with Crippen molar-refractivity contribution in [3.63, 3.8) is 0 Å². The van der Waals surface area contributed by atoms with Crippen molar-refractivity contribution >= 4 is 6.09 Å². The van der Waals surface area contributed by atoms with Crippen LogP contribution in [0.2, 0.25) is 0 Å². The quantitative estimate of drug-likeness (QED) is 0.883. The summed E-state index contributed by atoms with van der Waals surface area (Å²) in [5.74, 6) is 1.15. The summed E-state index contributed by atoms with van der Waals surface area (Å²) >= 11 is 0. The van der Waals surface area contributed by atoms with Gasteiger partial charge in [0.1, 0.15) is 6.61 Å². The molecule has 4 atom stereocenters. The molecule has 0 bridgehead atoms. The molecule has 1 heterocycles. The summed E-state index contributed by atoms with van der Waals surface area (Å²) in [7, 11) is 0. The van der Waals surface area contributed by atoms with Crippen LogP contribution in [-0.4, -0.2) is 34.3 Å². The molecule has 1 aliphatic carbocycles. The monoisotopic (exact) mass is 365 g/mol. The Kier molecular flexibility index (Phi) is 4.68. The van der Waals surface area contributed by atoms with Crippen LogP contribution in [0.3, 0.4) is 0 Å². The Morgan fingerprint density at radius 2 is 1.70 bits per heavy atom. The van der Waals surface area contributed by atoms with Crippen LogP contribution >= 0.6 is 0 Å². The summed E-state index contributed by atoms with van der Waals surface area (Å²) < 4.78 is 5.58. The summed E-state index contributed by atoms with van der Waals surface area (Å²) in [5, 5.41) is 10.8. The molecule has 2 aromatic rings. The molecule has 1 amide bonds. The maximum absolute atomic E-state index is 12.8. The third-order valence-corrected chi connectivity index (χ3v) is 6.13. The van der Waals surface area contributed by atoms with E-state index in [4.69, 9.17) is 4.74 Å². The van der Waals surface area contributed by atoms with Crippen molar-refractivity contribution in [2.75, 3.05) is 6.54 Å². The fourth-order valence-electron chi connectivity index (χ4n) is 4.92. The van der Waals surface area contributed by atoms with Gasteiger partial charge in [0.2, 0.25) is 0 Å². The summed E-state index contributed by atoms with van der Waals surface area (Å²) in [4.78, 5) is 14.6. The van der Waals surface area contributed by atoms with Gasteiger partial charge in [0.25, 0.3) is 0 Å². The highest BCUT2D eigenvalue weighted by molar-refractivity contribution is 5.69. The molecule has 0 unspecified atom stereocenters. The summed E-state index contributed by atoms with van der Waals surface area (Å²) in [5.41, 5.74) is 1.34. The first-order chi connectivity index (χ1) is 12.9. The molecule has 27 heavy (non-hydrogen) atoms. The minimum absolute atomic E-state index is 0.203. The zero-order valence-corrected chi connectivity index (χ0v) is 15.9. The molecule has 1 saturated heterocycles. The number of fused-ring (bicyclic) bond motifs is 1. The second-order valence-corrected chi connectivity index (χ2v) is 8.37. The topological polar surface area (TPSA) is 49.8 Å². The number of amides is 1. The van der Waals surface area contributed by atoms with Crippen LogP contribution < -0.4 is 0 Å². The number of ether oxygens (including phenoxy) is 1. The van der Waals surface area contributed by atoms with Crippen LogP contribution in [0.1, 0.15) is 37.3 Å². The predicted octanol–water partition coefficient (Wildman–Crippen LogP) is 4.20. The van der Waals surface area contributed by atoms with E-state index in [0.29, 0.717) is 24.3 Å². The molecule has 4 nitrogen and oxygen atoms in total. The normalized spacial score (nSPS) is 27.0. The van der Waals surface area contributed by atoms with Crippen LogP contribution in [0.4, 0.5) is 4.79 Å². The van der Waals surface area contributed by atoms with E-state index >= 15 is 0 Å². The third-order valence-electron chi connectivity index (χ3n) is 6.13. The van der Waals surface area contributed by atoms with Gasteiger partial charge in [-0.3, -0.25) is 0 Å². The minimum Gasteiger partial charge on any atom is -0.445 e. The standard InChI is InChI=1S/C23H27NO3/c1-23(2,26)21-19-13-18(17-11-7-4-8-12-17)20(19)14-24(21)22(25)27-15-16-9-5-3-6-10-16/h3-12,18-21,26H,13-15H2,1-2H3/t18-,19+,20-,21+/m1/s1. The highest BCUT2D eigenvalue weighted by Gasteiger charge is 2.58. The zero-order valence-electron chi connectivity index (χ0n) is 15.9. The Morgan fingerprint density at radius 1 is 1.07 bits per heavy atom. The van der Waals surface area contributed by atoms with Crippen molar-refractivity contribution in [3.05, 3.63) is 71.8 Å². The van der Waals surface area contributed by atoms with Gasteiger partial charge in [-0.1, -0.05) is 60.7 Å². The molecule has 2 fully saturated rings. The summed E-state index contributed by atoms with van der Waals surface area (Å²) in [6.45, 7) is 4.50. The molecule has 2 aliphatic rings. The number of hydrogen-bond acceptors (Lipinski definition) is 3. The van der Waals surface area contributed by atoms with Gasteiger partial charge in [-0.25, -0.2) is 4.79 Å². The molecular weight excluding hydrogens is 338 g/mol. The van der Waals surface area contributed by atoms with Gasteiger partial charge in [0, 0.05) is 6.54 Å². The van der Waals surface area contributed by atoms with E-state index in [2.05, 4.69) is 24.3 Å². The lowest BCUT2D eigenvalue weighted by atomic mass is 9.60. The van der Waals surface area contributed by atoms with Crippen LogP contribution in [0.5, 0.6) is 0 Å². The molecular formula is C23H27NO3. The van der Waals surface area contributed by atoms with Crippen LogP contribution in [-0.2, 0) is 11.3 Å². The van der Waals surface area contributed by atoms with Crippen molar-refractivity contribution < 1.29 is 14.6 Å². The Hall–Kier alpha value is -2.33. The fraction of sp³-hybridized carbons (Fsp3) is 0.435. The molecule has 4 heteroatoms. The lowest BCUT2D eigenvalue weighted by Gasteiger charge is -2.45. The maximum Gasteiger partial charge on any atom is 0.410 e. The molecule has 142 valence electrons. The Labute approximate surface area is 160 Å². The molecule has 1 saturated carbocycles. The predicted molar refractivity (Wildman–Crippen MR) is 104 cm³/mol. The SMILES string of the molecule is CC(C)(O)[C@@H]1[C@H]2C[C@H](c3ccccc3)[C@H]2CN1C(=O)OCc1ccccc1. The van der Waals surface area contributed by atoms with E-state index in [9.17, 15) is 9.90 Å². The smallest absolute Gasteiger partial charge is 0.410 e. The summed E-state index contributed by atoms with van der Waals surface area (Å²) in [6.07, 6.45) is 0.679. The van der Waals surface area contributed by atoms with Crippen molar-refractivity contribution in [1.82, 2.24) is 4.90 Å². The number of carbonyl (C=O) groups excluding carboxylic acids is 1. The van der Waals surface area contributed by atoms with Gasteiger partial charge >= 0.3 is 6.09 Å². The first-order valence-electron chi connectivity index (χ1n) is 9.70. The van der Waals surface area contributed by atoms with E-state index in [0.717, 1.165) is 12.0 Å². The van der Waals surface area contributed by atoms with Gasteiger partial charge in [-0.15, -0.1) is 0 Å². The van der Waals surface area contributed by atoms with Crippen molar-refractivity contribution in [2.45, 2.75) is 44.4 Å². The highest BCUT2D eigenvalue weighted by atomic mass is 16.6. The van der Waals surface area contributed by atoms with Gasteiger partial charge in [-0.2, -0.15) is 0 Å². The lowest BCUT2D eigenvalue weighted by Crippen LogP contribution is -2.52. The number of benzene rings is 2. The molecule has 2 aromatic carbocycles. The number of rotatable bonds is 4.